The van der Waals surface area contributed by atoms with Crippen molar-refractivity contribution in [2.24, 2.45) is 11.7 Å². The van der Waals surface area contributed by atoms with Gasteiger partial charge >= 0.3 is 5.97 Å². The van der Waals surface area contributed by atoms with Gasteiger partial charge in [0, 0.05) is 19.2 Å². The summed E-state index contributed by atoms with van der Waals surface area (Å²) in [7, 11) is 2.92. The number of carbonyl (C=O) groups excluding carboxylic acids is 2. The van der Waals surface area contributed by atoms with E-state index in [1.165, 1.54) is 44.2 Å². The SMILES string of the molecule is COc1cc(C(=O)N(C)CC(C)C(=O)O)ccc1OCC(N)=O. The second kappa shape index (κ2) is 8.02. The molecule has 1 rings (SSSR count). The summed E-state index contributed by atoms with van der Waals surface area (Å²) in [5.41, 5.74) is 5.32. The van der Waals surface area contributed by atoms with Crippen molar-refractivity contribution in [3.8, 4) is 11.5 Å². The Kier molecular flexibility index (Phi) is 6.37. The highest BCUT2D eigenvalue weighted by molar-refractivity contribution is 5.95. The first kappa shape index (κ1) is 18.3. The van der Waals surface area contributed by atoms with Crippen molar-refractivity contribution in [2.45, 2.75) is 6.92 Å². The number of ether oxygens (including phenoxy) is 2. The zero-order chi connectivity index (χ0) is 17.6. The second-order valence-electron chi connectivity index (χ2n) is 5.05. The monoisotopic (exact) mass is 324 g/mol. The molecule has 0 radical (unpaired) electrons. The Morgan fingerprint density at radius 1 is 1.30 bits per heavy atom. The number of primary amides is 1. The first-order chi connectivity index (χ1) is 10.8. The number of rotatable bonds is 8. The predicted octanol–water partition coefficient (Wildman–Crippen LogP) is 0.352. The van der Waals surface area contributed by atoms with Crippen LogP contribution in [-0.4, -0.2) is 55.1 Å². The largest absolute Gasteiger partial charge is 0.493 e. The minimum atomic E-state index is -0.975. The lowest BCUT2D eigenvalue weighted by molar-refractivity contribution is -0.141. The molecule has 1 unspecified atom stereocenters. The third kappa shape index (κ3) is 5.17. The molecular formula is C15H20N2O6. The van der Waals surface area contributed by atoms with Crippen molar-refractivity contribution in [1.29, 1.82) is 0 Å². The van der Waals surface area contributed by atoms with Crippen LogP contribution in [0.25, 0.3) is 0 Å². The molecule has 0 saturated carbocycles. The molecule has 23 heavy (non-hydrogen) atoms. The molecule has 0 fully saturated rings. The number of hydrogen-bond acceptors (Lipinski definition) is 5. The number of benzene rings is 1. The molecule has 8 nitrogen and oxygen atoms in total. The van der Waals surface area contributed by atoms with Gasteiger partial charge in [0.2, 0.25) is 0 Å². The molecule has 3 N–H and O–H groups in total. The van der Waals surface area contributed by atoms with E-state index in [1.807, 2.05) is 0 Å². The molecule has 0 aliphatic rings. The normalized spacial score (nSPS) is 11.4. The van der Waals surface area contributed by atoms with Gasteiger partial charge in [-0.2, -0.15) is 0 Å². The van der Waals surface area contributed by atoms with E-state index in [0.29, 0.717) is 5.56 Å². The number of hydrogen-bond donors (Lipinski definition) is 2. The standard InChI is InChI=1S/C15H20N2O6/c1-9(15(20)21)7-17(2)14(19)10-4-5-11(12(6-10)22-3)23-8-13(16)18/h4-6,9H,7-8H2,1-3H3,(H2,16,18)(H,20,21). The summed E-state index contributed by atoms with van der Waals surface area (Å²) in [5.74, 6) is -2.07. The lowest BCUT2D eigenvalue weighted by atomic mass is 10.1. The molecule has 0 bridgehead atoms. The molecular weight excluding hydrogens is 304 g/mol. The molecule has 0 spiro atoms. The number of amides is 2. The topological polar surface area (TPSA) is 119 Å². The quantitative estimate of drug-likeness (QED) is 0.712. The average Bonchev–Trinajstić information content (AvgIpc) is 2.51. The van der Waals surface area contributed by atoms with E-state index in [2.05, 4.69) is 0 Å². The molecule has 0 heterocycles. The third-order valence-electron chi connectivity index (χ3n) is 3.10. The third-order valence-corrected chi connectivity index (χ3v) is 3.10. The van der Waals surface area contributed by atoms with Crippen molar-refractivity contribution in [3.05, 3.63) is 23.8 Å². The molecule has 0 aliphatic carbocycles. The summed E-state index contributed by atoms with van der Waals surface area (Å²) < 4.78 is 10.3. The number of nitrogens with two attached hydrogens (primary N) is 1. The minimum absolute atomic E-state index is 0.0798. The van der Waals surface area contributed by atoms with Gasteiger partial charge in [-0.05, 0) is 18.2 Å². The summed E-state index contributed by atoms with van der Waals surface area (Å²) in [6.45, 7) is 1.30. The van der Waals surface area contributed by atoms with Crippen LogP contribution in [0.5, 0.6) is 11.5 Å². The fraction of sp³-hybridized carbons (Fsp3) is 0.400. The fourth-order valence-corrected chi connectivity index (χ4v) is 1.86. The van der Waals surface area contributed by atoms with Crippen LogP contribution in [0.2, 0.25) is 0 Å². The van der Waals surface area contributed by atoms with Crippen LogP contribution >= 0.6 is 0 Å². The van der Waals surface area contributed by atoms with Crippen LogP contribution in [-0.2, 0) is 9.59 Å². The van der Waals surface area contributed by atoms with E-state index in [9.17, 15) is 14.4 Å². The number of nitrogens with zero attached hydrogens (tertiary/aromatic N) is 1. The lowest BCUT2D eigenvalue weighted by Crippen LogP contribution is -2.33. The summed E-state index contributed by atoms with van der Waals surface area (Å²) in [6.07, 6.45) is 0. The summed E-state index contributed by atoms with van der Waals surface area (Å²) >= 11 is 0. The van der Waals surface area contributed by atoms with Crippen molar-refractivity contribution >= 4 is 17.8 Å². The van der Waals surface area contributed by atoms with Crippen molar-refractivity contribution in [3.63, 3.8) is 0 Å². The number of methoxy groups -OCH3 is 1. The summed E-state index contributed by atoms with van der Waals surface area (Å²) in [4.78, 5) is 35.2. The molecule has 8 heteroatoms. The molecule has 1 aromatic rings. The Morgan fingerprint density at radius 2 is 1.96 bits per heavy atom. The van der Waals surface area contributed by atoms with Gasteiger partial charge in [0.15, 0.2) is 18.1 Å². The van der Waals surface area contributed by atoms with Gasteiger partial charge in [-0.15, -0.1) is 0 Å². The Labute approximate surface area is 133 Å². The molecule has 2 amide bonds. The van der Waals surface area contributed by atoms with Crippen molar-refractivity contribution in [2.75, 3.05) is 27.3 Å². The Bertz CT molecular complexity index is 602. The number of aliphatic carboxylic acids is 1. The molecule has 0 aliphatic heterocycles. The number of carboxylic acids is 1. The van der Waals surface area contributed by atoms with E-state index in [4.69, 9.17) is 20.3 Å². The molecule has 1 atom stereocenters. The van der Waals surface area contributed by atoms with Gasteiger partial charge in [0.25, 0.3) is 11.8 Å². The van der Waals surface area contributed by atoms with E-state index in [-0.39, 0.29) is 30.6 Å². The zero-order valence-corrected chi connectivity index (χ0v) is 13.2. The molecule has 0 saturated heterocycles. The minimum Gasteiger partial charge on any atom is -0.493 e. The predicted molar refractivity (Wildman–Crippen MR) is 81.4 cm³/mol. The van der Waals surface area contributed by atoms with E-state index in [1.54, 1.807) is 0 Å². The Balaban J connectivity index is 2.89. The van der Waals surface area contributed by atoms with Gasteiger partial charge in [0.1, 0.15) is 0 Å². The Hall–Kier alpha value is -2.77. The van der Waals surface area contributed by atoms with Gasteiger partial charge < -0.3 is 25.2 Å². The van der Waals surface area contributed by atoms with Gasteiger partial charge in [-0.1, -0.05) is 6.92 Å². The van der Waals surface area contributed by atoms with Crippen LogP contribution < -0.4 is 15.2 Å². The highest BCUT2D eigenvalue weighted by Gasteiger charge is 2.20. The summed E-state index contributed by atoms with van der Waals surface area (Å²) in [6, 6.07) is 4.45. The van der Waals surface area contributed by atoms with Crippen LogP contribution in [0, 0.1) is 5.92 Å². The first-order valence-corrected chi connectivity index (χ1v) is 6.83. The average molecular weight is 324 g/mol. The maximum absolute atomic E-state index is 12.3. The first-order valence-electron chi connectivity index (χ1n) is 6.83. The fourth-order valence-electron chi connectivity index (χ4n) is 1.86. The van der Waals surface area contributed by atoms with Crippen LogP contribution in [0.3, 0.4) is 0 Å². The van der Waals surface area contributed by atoms with E-state index < -0.39 is 17.8 Å². The van der Waals surface area contributed by atoms with Crippen molar-refractivity contribution < 1.29 is 29.0 Å². The van der Waals surface area contributed by atoms with Gasteiger partial charge in [-0.25, -0.2) is 0 Å². The zero-order valence-electron chi connectivity index (χ0n) is 13.2. The number of carboxylic acid groups (broad SMARTS) is 1. The Morgan fingerprint density at radius 3 is 2.48 bits per heavy atom. The second-order valence-corrected chi connectivity index (χ2v) is 5.05. The van der Waals surface area contributed by atoms with E-state index in [0.717, 1.165) is 0 Å². The molecule has 0 aromatic heterocycles. The maximum Gasteiger partial charge on any atom is 0.308 e. The van der Waals surface area contributed by atoms with Crippen LogP contribution in [0.1, 0.15) is 17.3 Å². The lowest BCUT2D eigenvalue weighted by Gasteiger charge is -2.20. The highest BCUT2D eigenvalue weighted by Crippen LogP contribution is 2.28. The molecule has 1 aromatic carbocycles. The maximum atomic E-state index is 12.3. The number of carbonyl (C=O) groups is 3. The summed E-state index contributed by atoms with van der Waals surface area (Å²) in [5, 5.41) is 8.89. The van der Waals surface area contributed by atoms with Crippen LogP contribution in [0.4, 0.5) is 0 Å². The molecule has 126 valence electrons. The highest BCUT2D eigenvalue weighted by atomic mass is 16.5. The van der Waals surface area contributed by atoms with Crippen LogP contribution in [0.15, 0.2) is 18.2 Å². The van der Waals surface area contributed by atoms with E-state index >= 15 is 0 Å². The van der Waals surface area contributed by atoms with Gasteiger partial charge in [-0.3, -0.25) is 14.4 Å². The van der Waals surface area contributed by atoms with Crippen molar-refractivity contribution in [1.82, 2.24) is 4.90 Å². The van der Waals surface area contributed by atoms with Gasteiger partial charge in [0.05, 0.1) is 13.0 Å². The smallest absolute Gasteiger partial charge is 0.308 e.